The molecule has 2 heteroatoms. The van der Waals surface area contributed by atoms with Gasteiger partial charge in [-0.1, -0.05) is 13.8 Å². The van der Waals surface area contributed by atoms with Gasteiger partial charge in [-0.3, -0.25) is 0 Å². The van der Waals surface area contributed by atoms with Crippen LogP contribution in [0.3, 0.4) is 0 Å². The van der Waals surface area contributed by atoms with Crippen LogP contribution in [0.25, 0.3) is 0 Å². The summed E-state index contributed by atoms with van der Waals surface area (Å²) in [4.78, 5) is 0. The molecular weight excluding hydrogens is 138 g/mol. The fraction of sp³-hybridized carbons (Fsp3) is 1.00. The van der Waals surface area contributed by atoms with E-state index in [0.717, 1.165) is 12.8 Å². The first-order chi connectivity index (χ1) is 5.09. The first-order valence-electron chi connectivity index (χ1n) is 4.45. The highest BCUT2D eigenvalue weighted by Crippen LogP contribution is 2.43. The maximum Gasteiger partial charge on any atom is 0.0433 e. The van der Waals surface area contributed by atoms with E-state index in [2.05, 4.69) is 13.8 Å². The fourth-order valence-electron chi connectivity index (χ4n) is 2.10. The zero-order valence-electron chi connectivity index (χ0n) is 7.51. The molecule has 2 atom stereocenters. The Labute approximate surface area is 68.8 Å². The first-order valence-corrected chi connectivity index (χ1v) is 4.45. The van der Waals surface area contributed by atoms with Gasteiger partial charge in [0.15, 0.2) is 0 Å². The van der Waals surface area contributed by atoms with Crippen LogP contribution >= 0.6 is 0 Å². The predicted octanol–water partition coefficient (Wildman–Crippen LogP) is 1.13. The highest BCUT2D eigenvalue weighted by Gasteiger charge is 2.40. The van der Waals surface area contributed by atoms with Crippen molar-refractivity contribution in [2.45, 2.75) is 39.2 Å². The van der Waals surface area contributed by atoms with Gasteiger partial charge < -0.3 is 10.8 Å². The van der Waals surface area contributed by atoms with Gasteiger partial charge in [0.25, 0.3) is 0 Å². The van der Waals surface area contributed by atoms with Gasteiger partial charge in [-0.25, -0.2) is 0 Å². The Kier molecular flexibility index (Phi) is 2.55. The maximum absolute atomic E-state index is 8.80. The summed E-state index contributed by atoms with van der Waals surface area (Å²) < 4.78 is 0. The van der Waals surface area contributed by atoms with E-state index in [4.69, 9.17) is 10.8 Å². The number of rotatable bonds is 2. The average molecular weight is 157 g/mol. The van der Waals surface area contributed by atoms with Crippen molar-refractivity contribution in [1.82, 2.24) is 0 Å². The third-order valence-corrected chi connectivity index (χ3v) is 3.31. The standard InChI is InChI=1S/C9H19NO/c1-9(2)7(5-6-11)3-4-8(9)10/h7-8,11H,3-6,10H2,1-2H3. The Bertz CT molecular complexity index is 132. The zero-order chi connectivity index (χ0) is 8.48. The SMILES string of the molecule is CC1(C)C(N)CCC1CCO. The maximum atomic E-state index is 8.80. The lowest BCUT2D eigenvalue weighted by atomic mass is 9.78. The molecule has 1 aliphatic rings. The molecule has 11 heavy (non-hydrogen) atoms. The van der Waals surface area contributed by atoms with E-state index < -0.39 is 0 Å². The van der Waals surface area contributed by atoms with E-state index in [0.29, 0.717) is 18.6 Å². The fourth-order valence-corrected chi connectivity index (χ4v) is 2.10. The van der Waals surface area contributed by atoms with Gasteiger partial charge in [0.05, 0.1) is 0 Å². The minimum absolute atomic E-state index is 0.239. The number of hydrogen-bond acceptors (Lipinski definition) is 2. The van der Waals surface area contributed by atoms with Crippen molar-refractivity contribution in [2.75, 3.05) is 6.61 Å². The highest BCUT2D eigenvalue weighted by atomic mass is 16.3. The third-order valence-electron chi connectivity index (χ3n) is 3.31. The molecule has 2 unspecified atom stereocenters. The predicted molar refractivity (Wildman–Crippen MR) is 46.2 cm³/mol. The second-order valence-electron chi connectivity index (χ2n) is 4.21. The molecule has 3 N–H and O–H groups in total. The molecule has 0 amide bonds. The summed E-state index contributed by atoms with van der Waals surface area (Å²) in [5.41, 5.74) is 6.19. The molecule has 1 rings (SSSR count). The molecule has 66 valence electrons. The third kappa shape index (κ3) is 1.57. The Morgan fingerprint density at radius 2 is 2.09 bits per heavy atom. The summed E-state index contributed by atoms with van der Waals surface area (Å²) >= 11 is 0. The van der Waals surface area contributed by atoms with Gasteiger partial charge in [-0.2, -0.15) is 0 Å². The molecule has 0 aromatic rings. The van der Waals surface area contributed by atoms with Crippen molar-refractivity contribution < 1.29 is 5.11 Å². The topological polar surface area (TPSA) is 46.2 Å². The van der Waals surface area contributed by atoms with Gasteiger partial charge in [0, 0.05) is 12.6 Å². The van der Waals surface area contributed by atoms with Crippen LogP contribution in [0.2, 0.25) is 0 Å². The molecule has 0 aromatic heterocycles. The first kappa shape index (κ1) is 9.01. The zero-order valence-corrected chi connectivity index (χ0v) is 7.51. The van der Waals surface area contributed by atoms with Gasteiger partial charge in [-0.15, -0.1) is 0 Å². The smallest absolute Gasteiger partial charge is 0.0433 e. The number of nitrogens with two attached hydrogens (primary N) is 1. The molecule has 0 heterocycles. The van der Waals surface area contributed by atoms with E-state index in [1.807, 2.05) is 0 Å². The lowest BCUT2D eigenvalue weighted by Crippen LogP contribution is -2.36. The molecule has 1 fully saturated rings. The summed E-state index contributed by atoms with van der Waals surface area (Å²) in [5, 5.41) is 8.80. The minimum atomic E-state index is 0.239. The van der Waals surface area contributed by atoms with Crippen LogP contribution in [0.1, 0.15) is 33.1 Å². The van der Waals surface area contributed by atoms with Crippen LogP contribution in [-0.2, 0) is 0 Å². The van der Waals surface area contributed by atoms with Crippen LogP contribution in [0.4, 0.5) is 0 Å². The Hall–Kier alpha value is -0.0800. The summed E-state index contributed by atoms with van der Waals surface area (Å²) in [5.74, 6) is 0.627. The largest absolute Gasteiger partial charge is 0.396 e. The Balaban J connectivity index is 2.55. The van der Waals surface area contributed by atoms with E-state index in [1.165, 1.54) is 6.42 Å². The molecule has 1 saturated carbocycles. The number of hydrogen-bond donors (Lipinski definition) is 2. The second kappa shape index (κ2) is 3.11. The molecule has 1 aliphatic carbocycles. The van der Waals surface area contributed by atoms with Gasteiger partial charge >= 0.3 is 0 Å². The van der Waals surface area contributed by atoms with E-state index >= 15 is 0 Å². The van der Waals surface area contributed by atoms with Crippen molar-refractivity contribution in [3.63, 3.8) is 0 Å². The van der Waals surface area contributed by atoms with Crippen molar-refractivity contribution in [3.05, 3.63) is 0 Å². The second-order valence-corrected chi connectivity index (χ2v) is 4.21. The lowest BCUT2D eigenvalue weighted by Gasteiger charge is -2.30. The van der Waals surface area contributed by atoms with Crippen LogP contribution in [0.15, 0.2) is 0 Å². The van der Waals surface area contributed by atoms with Crippen LogP contribution in [0.5, 0.6) is 0 Å². The normalized spacial score (nSPS) is 36.0. The molecule has 0 aliphatic heterocycles. The van der Waals surface area contributed by atoms with Crippen molar-refractivity contribution >= 4 is 0 Å². The van der Waals surface area contributed by atoms with E-state index in [-0.39, 0.29) is 5.41 Å². The molecule has 0 saturated heterocycles. The summed E-state index contributed by atoms with van der Waals surface area (Å²) in [6.07, 6.45) is 3.23. The molecule has 0 bridgehead atoms. The number of aliphatic hydroxyl groups is 1. The molecule has 2 nitrogen and oxygen atoms in total. The lowest BCUT2D eigenvalue weighted by molar-refractivity contribution is 0.175. The van der Waals surface area contributed by atoms with Gasteiger partial charge in [0.1, 0.15) is 0 Å². The minimum Gasteiger partial charge on any atom is -0.396 e. The highest BCUT2D eigenvalue weighted by molar-refractivity contribution is 4.94. The molecular formula is C9H19NO. The summed E-state index contributed by atoms with van der Waals surface area (Å²) in [6, 6.07) is 0.332. The Morgan fingerprint density at radius 3 is 2.45 bits per heavy atom. The molecule has 0 aromatic carbocycles. The molecule has 0 radical (unpaired) electrons. The quantitative estimate of drug-likeness (QED) is 0.631. The summed E-state index contributed by atoms with van der Waals surface area (Å²) in [6.45, 7) is 4.73. The average Bonchev–Trinajstić information content (AvgIpc) is 2.16. The van der Waals surface area contributed by atoms with Crippen molar-refractivity contribution in [3.8, 4) is 0 Å². The van der Waals surface area contributed by atoms with Gasteiger partial charge in [0.2, 0.25) is 0 Å². The Morgan fingerprint density at radius 1 is 1.45 bits per heavy atom. The van der Waals surface area contributed by atoms with Crippen LogP contribution in [-0.4, -0.2) is 17.8 Å². The number of aliphatic hydroxyl groups excluding tert-OH is 1. The van der Waals surface area contributed by atoms with Crippen molar-refractivity contribution in [1.29, 1.82) is 0 Å². The van der Waals surface area contributed by atoms with Crippen LogP contribution < -0.4 is 5.73 Å². The van der Waals surface area contributed by atoms with Crippen molar-refractivity contribution in [2.24, 2.45) is 17.1 Å². The monoisotopic (exact) mass is 157 g/mol. The van der Waals surface area contributed by atoms with E-state index in [1.54, 1.807) is 0 Å². The summed E-state index contributed by atoms with van der Waals surface area (Å²) in [7, 11) is 0. The molecule has 0 spiro atoms. The van der Waals surface area contributed by atoms with Gasteiger partial charge in [-0.05, 0) is 30.6 Å². The van der Waals surface area contributed by atoms with E-state index in [9.17, 15) is 0 Å². The van der Waals surface area contributed by atoms with Crippen LogP contribution in [0, 0.1) is 11.3 Å².